The van der Waals surface area contributed by atoms with Crippen molar-refractivity contribution in [3.05, 3.63) is 83.2 Å². The van der Waals surface area contributed by atoms with Crippen LogP contribution in [0.15, 0.2) is 65.6 Å². The maximum atomic E-state index is 13.4. The summed E-state index contributed by atoms with van der Waals surface area (Å²) < 4.78 is 51.4. The second kappa shape index (κ2) is 10.4. The van der Waals surface area contributed by atoms with Crippen LogP contribution >= 0.6 is 0 Å². The Hall–Kier alpha value is -3.59. The van der Waals surface area contributed by atoms with E-state index in [4.69, 9.17) is 9.47 Å². The number of benzene rings is 3. The molecule has 0 aliphatic rings. The van der Waals surface area contributed by atoms with E-state index < -0.39 is 15.8 Å². The van der Waals surface area contributed by atoms with Crippen LogP contribution < -0.4 is 19.5 Å². The van der Waals surface area contributed by atoms with Crippen LogP contribution in [-0.2, 0) is 16.4 Å². The van der Waals surface area contributed by atoms with Gasteiger partial charge in [-0.1, -0.05) is 6.07 Å². The first kappa shape index (κ1) is 24.1. The number of ether oxygens (including phenoxy) is 2. The zero-order valence-corrected chi connectivity index (χ0v) is 19.3. The second-order valence-corrected chi connectivity index (χ2v) is 8.96. The van der Waals surface area contributed by atoms with Crippen molar-refractivity contribution < 1.29 is 27.1 Å². The predicted molar refractivity (Wildman–Crippen MR) is 124 cm³/mol. The zero-order valence-electron chi connectivity index (χ0n) is 18.5. The van der Waals surface area contributed by atoms with Gasteiger partial charge in [-0.3, -0.25) is 9.52 Å². The molecule has 0 spiro atoms. The van der Waals surface area contributed by atoms with Crippen LogP contribution in [-0.4, -0.2) is 35.1 Å². The molecule has 33 heavy (non-hydrogen) atoms. The van der Waals surface area contributed by atoms with Crippen LogP contribution in [0.5, 0.6) is 11.5 Å². The number of nitrogens with one attached hydrogen (secondary N) is 2. The minimum Gasteiger partial charge on any atom is -0.497 e. The number of carbonyl (C=O) groups excluding carboxylic acids is 1. The molecule has 0 aliphatic heterocycles. The van der Waals surface area contributed by atoms with E-state index in [0.29, 0.717) is 30.0 Å². The quantitative estimate of drug-likeness (QED) is 0.492. The van der Waals surface area contributed by atoms with Gasteiger partial charge >= 0.3 is 0 Å². The van der Waals surface area contributed by atoms with Gasteiger partial charge in [0.25, 0.3) is 15.9 Å². The number of rotatable bonds is 9. The number of halogens is 1. The predicted octanol–water partition coefficient (Wildman–Crippen LogP) is 3.92. The van der Waals surface area contributed by atoms with Gasteiger partial charge in [-0.2, -0.15) is 0 Å². The summed E-state index contributed by atoms with van der Waals surface area (Å²) in [5, 5.41) is 2.83. The van der Waals surface area contributed by atoms with Crippen molar-refractivity contribution in [2.45, 2.75) is 18.2 Å². The fourth-order valence-corrected chi connectivity index (χ4v) is 4.30. The normalized spacial score (nSPS) is 11.0. The minimum absolute atomic E-state index is 0.0443. The fraction of sp³-hybridized carbons (Fsp3) is 0.208. The first-order chi connectivity index (χ1) is 15.7. The first-order valence-electron chi connectivity index (χ1n) is 10.1. The largest absolute Gasteiger partial charge is 0.497 e. The molecule has 0 fully saturated rings. The van der Waals surface area contributed by atoms with Gasteiger partial charge < -0.3 is 14.8 Å². The minimum atomic E-state index is -3.88. The van der Waals surface area contributed by atoms with Crippen molar-refractivity contribution in [3.8, 4) is 11.5 Å². The number of hydrogen-bond donors (Lipinski definition) is 2. The van der Waals surface area contributed by atoms with Crippen LogP contribution in [0.1, 0.15) is 21.5 Å². The first-order valence-corrected chi connectivity index (χ1v) is 11.6. The SMILES string of the molecule is COc1ccc(CCNC(=O)c2ccc(NS(=O)(=O)c3ccc(F)c(C)c3)cc2)c(OC)c1. The number of amides is 1. The van der Waals surface area contributed by atoms with E-state index in [9.17, 15) is 17.6 Å². The molecule has 0 unspecified atom stereocenters. The van der Waals surface area contributed by atoms with Gasteiger partial charge in [-0.25, -0.2) is 12.8 Å². The van der Waals surface area contributed by atoms with E-state index in [1.54, 1.807) is 20.3 Å². The molecule has 3 aromatic carbocycles. The molecule has 0 atom stereocenters. The van der Waals surface area contributed by atoms with Gasteiger partial charge in [-0.05, 0) is 73.0 Å². The summed E-state index contributed by atoms with van der Waals surface area (Å²) in [7, 11) is -0.729. The van der Waals surface area contributed by atoms with E-state index >= 15 is 0 Å². The lowest BCUT2D eigenvalue weighted by Gasteiger charge is -2.12. The summed E-state index contributed by atoms with van der Waals surface area (Å²) >= 11 is 0. The molecule has 3 rings (SSSR count). The van der Waals surface area contributed by atoms with Crippen LogP contribution in [0.4, 0.5) is 10.1 Å². The molecule has 2 N–H and O–H groups in total. The van der Waals surface area contributed by atoms with E-state index in [1.165, 1.54) is 43.3 Å². The molecule has 174 valence electrons. The van der Waals surface area contributed by atoms with Crippen molar-refractivity contribution in [3.63, 3.8) is 0 Å². The Morgan fingerprint density at radius 2 is 1.70 bits per heavy atom. The lowest BCUT2D eigenvalue weighted by molar-refractivity contribution is 0.0954. The third-order valence-electron chi connectivity index (χ3n) is 5.01. The number of carbonyl (C=O) groups is 1. The van der Waals surface area contributed by atoms with Gasteiger partial charge in [0.15, 0.2) is 0 Å². The molecule has 7 nitrogen and oxygen atoms in total. The Labute approximate surface area is 192 Å². The average molecular weight is 473 g/mol. The number of methoxy groups -OCH3 is 2. The molecule has 0 saturated carbocycles. The molecule has 0 aromatic heterocycles. The lowest BCUT2D eigenvalue weighted by Crippen LogP contribution is -2.25. The van der Waals surface area contributed by atoms with Crippen LogP contribution in [0.2, 0.25) is 0 Å². The van der Waals surface area contributed by atoms with Gasteiger partial charge in [-0.15, -0.1) is 0 Å². The van der Waals surface area contributed by atoms with Crippen molar-refractivity contribution in [2.75, 3.05) is 25.5 Å². The Kier molecular flexibility index (Phi) is 7.55. The molecule has 1 amide bonds. The van der Waals surface area contributed by atoms with Crippen LogP contribution in [0.3, 0.4) is 0 Å². The third-order valence-corrected chi connectivity index (χ3v) is 6.39. The Balaban J connectivity index is 1.59. The van der Waals surface area contributed by atoms with Crippen molar-refractivity contribution in [1.29, 1.82) is 0 Å². The molecule has 0 radical (unpaired) electrons. The molecular formula is C24H25FN2O5S. The highest BCUT2D eigenvalue weighted by atomic mass is 32.2. The summed E-state index contributed by atoms with van der Waals surface area (Å²) in [5.41, 5.74) is 1.84. The molecule has 0 heterocycles. The highest BCUT2D eigenvalue weighted by Gasteiger charge is 2.16. The zero-order chi connectivity index (χ0) is 24.0. The Bertz CT molecular complexity index is 1240. The molecule has 9 heteroatoms. The van der Waals surface area contributed by atoms with E-state index in [1.807, 2.05) is 12.1 Å². The van der Waals surface area contributed by atoms with Gasteiger partial charge in [0.2, 0.25) is 0 Å². The van der Waals surface area contributed by atoms with Crippen LogP contribution in [0, 0.1) is 12.7 Å². The lowest BCUT2D eigenvalue weighted by atomic mass is 10.1. The van der Waals surface area contributed by atoms with Gasteiger partial charge in [0, 0.05) is 23.9 Å². The van der Waals surface area contributed by atoms with E-state index in [0.717, 1.165) is 11.6 Å². The van der Waals surface area contributed by atoms with E-state index in [-0.39, 0.29) is 22.1 Å². The van der Waals surface area contributed by atoms with Crippen molar-refractivity contribution in [2.24, 2.45) is 0 Å². The Morgan fingerprint density at radius 1 is 0.970 bits per heavy atom. The molecular weight excluding hydrogens is 447 g/mol. The van der Waals surface area contributed by atoms with Crippen LogP contribution in [0.25, 0.3) is 0 Å². The fourth-order valence-electron chi connectivity index (χ4n) is 3.16. The summed E-state index contributed by atoms with van der Waals surface area (Å²) in [4.78, 5) is 12.4. The molecule has 0 aliphatic carbocycles. The molecule has 0 bridgehead atoms. The smallest absolute Gasteiger partial charge is 0.261 e. The molecule has 3 aromatic rings. The number of anilines is 1. The van der Waals surface area contributed by atoms with Gasteiger partial charge in [0.1, 0.15) is 17.3 Å². The Morgan fingerprint density at radius 3 is 2.33 bits per heavy atom. The third kappa shape index (κ3) is 6.01. The number of hydrogen-bond acceptors (Lipinski definition) is 5. The maximum absolute atomic E-state index is 13.4. The topological polar surface area (TPSA) is 93.7 Å². The highest BCUT2D eigenvalue weighted by molar-refractivity contribution is 7.92. The number of aryl methyl sites for hydroxylation is 1. The summed E-state index contributed by atoms with van der Waals surface area (Å²) in [6.45, 7) is 1.88. The second-order valence-electron chi connectivity index (χ2n) is 7.28. The van der Waals surface area contributed by atoms with Crippen molar-refractivity contribution in [1.82, 2.24) is 5.32 Å². The molecule has 0 saturated heterocycles. The highest BCUT2D eigenvalue weighted by Crippen LogP contribution is 2.25. The standard InChI is InChI=1S/C24H25FN2O5S/c1-16-14-21(10-11-22(16)25)33(29,30)27-19-7-4-18(5-8-19)24(28)26-13-12-17-6-9-20(31-2)15-23(17)32-3/h4-11,14-15,27H,12-13H2,1-3H3,(H,26,28). The van der Waals surface area contributed by atoms with Gasteiger partial charge in [0.05, 0.1) is 19.1 Å². The monoisotopic (exact) mass is 472 g/mol. The maximum Gasteiger partial charge on any atom is 0.261 e. The van der Waals surface area contributed by atoms with Crippen molar-refractivity contribution >= 4 is 21.6 Å². The summed E-state index contributed by atoms with van der Waals surface area (Å²) in [5.74, 6) is 0.599. The number of sulfonamides is 1. The van der Waals surface area contributed by atoms with E-state index in [2.05, 4.69) is 10.0 Å². The summed E-state index contributed by atoms with van der Waals surface area (Å²) in [6.07, 6.45) is 0.563. The summed E-state index contributed by atoms with van der Waals surface area (Å²) in [6, 6.07) is 15.1. The average Bonchev–Trinajstić information content (AvgIpc) is 2.81.